The van der Waals surface area contributed by atoms with E-state index in [4.69, 9.17) is 0 Å². The quantitative estimate of drug-likeness (QED) is 0.808. The molecule has 0 saturated heterocycles. The van der Waals surface area contributed by atoms with Crippen LogP contribution in [0.4, 0.5) is 9.80 Å². The van der Waals surface area contributed by atoms with Crippen molar-refractivity contribution in [2.75, 3.05) is 12.4 Å². The number of nitrogens with one attached hydrogen (secondary N) is 2. The molecule has 0 aliphatic carbocycles. The number of anilines is 1. The zero-order valence-corrected chi connectivity index (χ0v) is 12.7. The highest BCUT2D eigenvalue weighted by Gasteiger charge is 2.21. The number of aromatic amines is 1. The highest BCUT2D eigenvalue weighted by Crippen LogP contribution is 2.32. The lowest BCUT2D eigenvalue weighted by molar-refractivity contribution is 0.0697. The van der Waals surface area contributed by atoms with Crippen LogP contribution in [0.1, 0.15) is 26.4 Å². The number of aromatic carboxylic acids is 1. The molecule has 2 amide bonds. The average molecular weight is 308 g/mol. The molecule has 2 aromatic rings. The van der Waals surface area contributed by atoms with Crippen molar-refractivity contribution < 1.29 is 14.7 Å². The lowest BCUT2D eigenvalue weighted by Gasteiger charge is -2.16. The fourth-order valence-electron chi connectivity index (χ4n) is 1.87. The van der Waals surface area contributed by atoms with Gasteiger partial charge in [-0.2, -0.15) is 5.10 Å². The van der Waals surface area contributed by atoms with Gasteiger partial charge in [0.15, 0.2) is 0 Å². The van der Waals surface area contributed by atoms with Gasteiger partial charge >= 0.3 is 12.0 Å². The predicted octanol–water partition coefficient (Wildman–Crippen LogP) is 2.45. The number of thiophene rings is 1. The van der Waals surface area contributed by atoms with Gasteiger partial charge in [0.25, 0.3) is 0 Å². The summed E-state index contributed by atoms with van der Waals surface area (Å²) in [7, 11) is 1.64. The van der Waals surface area contributed by atoms with Gasteiger partial charge < -0.3 is 10.0 Å². The lowest BCUT2D eigenvalue weighted by atomic mass is 10.1. The molecule has 3 N–H and O–H groups in total. The molecule has 2 aromatic heterocycles. The fourth-order valence-corrected chi connectivity index (χ4v) is 2.92. The maximum Gasteiger partial charge on any atom is 0.338 e. The summed E-state index contributed by atoms with van der Waals surface area (Å²) in [5, 5.41) is 18.8. The number of carbonyl (C=O) groups is 2. The number of aromatic nitrogens is 2. The van der Waals surface area contributed by atoms with E-state index < -0.39 is 5.97 Å². The number of carbonyl (C=O) groups excluding carboxylic acids is 1. The van der Waals surface area contributed by atoms with Crippen LogP contribution < -0.4 is 5.32 Å². The summed E-state index contributed by atoms with van der Waals surface area (Å²) in [5.74, 6) is -1.04. The van der Waals surface area contributed by atoms with E-state index in [2.05, 4.69) is 15.5 Å². The third kappa shape index (κ3) is 3.22. The normalized spacial score (nSPS) is 10.4. The Morgan fingerprint density at radius 1 is 1.48 bits per heavy atom. The van der Waals surface area contributed by atoms with Crippen molar-refractivity contribution in [3.63, 3.8) is 0 Å². The van der Waals surface area contributed by atoms with E-state index in [1.807, 2.05) is 6.92 Å². The first-order valence-corrected chi connectivity index (χ1v) is 7.05. The van der Waals surface area contributed by atoms with Crippen molar-refractivity contribution in [1.29, 1.82) is 0 Å². The standard InChI is InChI=1S/C13H16N4O3S/c1-7-8(2)21-11(10(7)12(18)19)16-13(20)17(3)6-9-4-14-15-5-9/h4-5H,6H2,1-3H3,(H,14,15)(H,16,20)(H,18,19). The Morgan fingerprint density at radius 3 is 2.76 bits per heavy atom. The maximum absolute atomic E-state index is 12.1. The second-order valence-electron chi connectivity index (χ2n) is 4.69. The maximum atomic E-state index is 12.1. The summed E-state index contributed by atoms with van der Waals surface area (Å²) < 4.78 is 0. The molecule has 7 nitrogen and oxygen atoms in total. The first kappa shape index (κ1) is 15.0. The largest absolute Gasteiger partial charge is 0.478 e. The monoisotopic (exact) mass is 308 g/mol. The minimum Gasteiger partial charge on any atom is -0.478 e. The van der Waals surface area contributed by atoms with Crippen molar-refractivity contribution >= 4 is 28.3 Å². The van der Waals surface area contributed by atoms with Crippen LogP contribution in [-0.2, 0) is 6.54 Å². The Kier molecular flexibility index (Phi) is 4.27. The second-order valence-corrected chi connectivity index (χ2v) is 5.91. The zero-order chi connectivity index (χ0) is 15.6. The fraction of sp³-hybridized carbons (Fsp3) is 0.308. The molecule has 0 aliphatic rings. The smallest absolute Gasteiger partial charge is 0.338 e. The molecule has 2 heterocycles. The molecular formula is C13H16N4O3S. The van der Waals surface area contributed by atoms with E-state index >= 15 is 0 Å². The number of hydrogen-bond acceptors (Lipinski definition) is 4. The van der Waals surface area contributed by atoms with E-state index in [1.165, 1.54) is 16.2 Å². The molecule has 112 valence electrons. The molecule has 0 fully saturated rings. The number of urea groups is 1. The SMILES string of the molecule is Cc1sc(NC(=O)N(C)Cc2cn[nH]c2)c(C(=O)O)c1C. The van der Waals surface area contributed by atoms with Crippen LogP contribution >= 0.6 is 11.3 Å². The summed E-state index contributed by atoms with van der Waals surface area (Å²) in [6.07, 6.45) is 3.33. The molecule has 21 heavy (non-hydrogen) atoms. The van der Waals surface area contributed by atoms with Gasteiger partial charge in [-0.15, -0.1) is 11.3 Å². The highest BCUT2D eigenvalue weighted by atomic mass is 32.1. The minimum atomic E-state index is -1.04. The van der Waals surface area contributed by atoms with E-state index in [9.17, 15) is 14.7 Å². The number of aryl methyl sites for hydroxylation is 1. The van der Waals surface area contributed by atoms with Crippen molar-refractivity contribution in [2.24, 2.45) is 0 Å². The number of carboxylic acids is 1. The van der Waals surface area contributed by atoms with Gasteiger partial charge in [-0.25, -0.2) is 9.59 Å². The molecule has 0 aliphatic heterocycles. The molecular weight excluding hydrogens is 292 g/mol. The van der Waals surface area contributed by atoms with Crippen LogP contribution in [0.5, 0.6) is 0 Å². The Labute approximate surface area is 125 Å². The predicted molar refractivity (Wildman–Crippen MR) is 79.8 cm³/mol. The number of amides is 2. The first-order chi connectivity index (χ1) is 9.90. The van der Waals surface area contributed by atoms with Gasteiger partial charge in [-0.05, 0) is 19.4 Å². The summed E-state index contributed by atoms with van der Waals surface area (Å²) in [6.45, 7) is 3.95. The van der Waals surface area contributed by atoms with Crippen LogP contribution in [0.3, 0.4) is 0 Å². The van der Waals surface area contributed by atoms with Gasteiger partial charge in [-0.3, -0.25) is 10.4 Å². The van der Waals surface area contributed by atoms with Gasteiger partial charge in [-0.1, -0.05) is 0 Å². The zero-order valence-electron chi connectivity index (χ0n) is 11.9. The van der Waals surface area contributed by atoms with Crippen LogP contribution in [-0.4, -0.2) is 39.3 Å². The number of carboxylic acid groups (broad SMARTS) is 1. The summed E-state index contributed by atoms with van der Waals surface area (Å²) >= 11 is 1.27. The molecule has 0 atom stereocenters. The molecule has 0 saturated carbocycles. The Balaban J connectivity index is 2.12. The van der Waals surface area contributed by atoms with Crippen LogP contribution in [0.2, 0.25) is 0 Å². The number of nitrogens with zero attached hydrogens (tertiary/aromatic N) is 2. The molecule has 0 radical (unpaired) electrons. The minimum absolute atomic E-state index is 0.155. The molecule has 0 aromatic carbocycles. The Bertz CT molecular complexity index is 663. The van der Waals surface area contributed by atoms with Crippen molar-refractivity contribution in [2.45, 2.75) is 20.4 Å². The third-order valence-electron chi connectivity index (χ3n) is 3.14. The van der Waals surface area contributed by atoms with E-state index in [-0.39, 0.29) is 11.6 Å². The number of hydrogen-bond donors (Lipinski definition) is 3. The van der Waals surface area contributed by atoms with Gasteiger partial charge in [0.2, 0.25) is 0 Å². The van der Waals surface area contributed by atoms with Gasteiger partial charge in [0, 0.05) is 23.7 Å². The van der Waals surface area contributed by atoms with Crippen LogP contribution in [0.25, 0.3) is 0 Å². The van der Waals surface area contributed by atoms with E-state index in [0.29, 0.717) is 17.1 Å². The number of H-pyrrole nitrogens is 1. The number of rotatable bonds is 4. The van der Waals surface area contributed by atoms with Crippen LogP contribution in [0, 0.1) is 13.8 Å². The van der Waals surface area contributed by atoms with Crippen LogP contribution in [0.15, 0.2) is 12.4 Å². The second kappa shape index (κ2) is 5.96. The molecule has 2 rings (SSSR count). The highest BCUT2D eigenvalue weighted by molar-refractivity contribution is 7.16. The Morgan fingerprint density at radius 2 is 2.19 bits per heavy atom. The average Bonchev–Trinajstić information content (AvgIpc) is 2.99. The van der Waals surface area contributed by atoms with Crippen molar-refractivity contribution in [1.82, 2.24) is 15.1 Å². The third-order valence-corrected chi connectivity index (χ3v) is 4.26. The summed E-state index contributed by atoms with van der Waals surface area (Å²) in [4.78, 5) is 25.8. The molecule has 0 unspecified atom stereocenters. The summed E-state index contributed by atoms with van der Waals surface area (Å²) in [5.41, 5.74) is 1.70. The topological polar surface area (TPSA) is 98.3 Å². The van der Waals surface area contributed by atoms with Crippen molar-refractivity contribution in [3.05, 3.63) is 34.0 Å². The van der Waals surface area contributed by atoms with Gasteiger partial charge in [0.05, 0.1) is 18.3 Å². The summed E-state index contributed by atoms with van der Waals surface area (Å²) in [6, 6.07) is -0.361. The van der Waals surface area contributed by atoms with Gasteiger partial charge in [0.1, 0.15) is 5.00 Å². The molecule has 0 spiro atoms. The van der Waals surface area contributed by atoms with E-state index in [0.717, 1.165) is 10.4 Å². The first-order valence-electron chi connectivity index (χ1n) is 6.23. The molecule has 0 bridgehead atoms. The molecule has 8 heteroatoms. The van der Waals surface area contributed by atoms with Crippen molar-refractivity contribution in [3.8, 4) is 0 Å². The van der Waals surface area contributed by atoms with E-state index in [1.54, 1.807) is 26.4 Å². The lowest BCUT2D eigenvalue weighted by Crippen LogP contribution is -2.30. The Hall–Kier alpha value is -2.35.